The number of halogens is 1. The van der Waals surface area contributed by atoms with Gasteiger partial charge >= 0.3 is 0 Å². The van der Waals surface area contributed by atoms with Crippen LogP contribution >= 0.6 is 11.3 Å². The molecule has 9 heteroatoms. The molecule has 0 saturated carbocycles. The molecule has 4 rings (SSSR count). The molecule has 2 amide bonds. The van der Waals surface area contributed by atoms with Gasteiger partial charge in [0.2, 0.25) is 5.91 Å². The summed E-state index contributed by atoms with van der Waals surface area (Å²) in [6, 6.07) is 5.40. The van der Waals surface area contributed by atoms with Crippen molar-refractivity contribution in [2.45, 2.75) is 45.7 Å². The third kappa shape index (κ3) is 4.57. The first-order valence-corrected chi connectivity index (χ1v) is 11.4. The molecule has 0 aliphatic carbocycles. The third-order valence-corrected chi connectivity index (χ3v) is 7.13. The Bertz CT molecular complexity index is 1210. The molecule has 0 bridgehead atoms. The summed E-state index contributed by atoms with van der Waals surface area (Å²) in [6.07, 6.45) is 3.05. The van der Waals surface area contributed by atoms with E-state index in [0.717, 1.165) is 15.3 Å². The predicted octanol–water partition coefficient (Wildman–Crippen LogP) is 3.03. The molecule has 2 aromatic heterocycles. The highest BCUT2D eigenvalue weighted by atomic mass is 32.1. The molecule has 0 radical (unpaired) electrons. The summed E-state index contributed by atoms with van der Waals surface area (Å²) in [5, 5.41) is 3.59. The van der Waals surface area contributed by atoms with Crippen LogP contribution in [0.2, 0.25) is 0 Å². The zero-order chi connectivity index (χ0) is 22.8. The number of aryl methyl sites for hydroxylation is 3. The van der Waals surface area contributed by atoms with E-state index in [1.54, 1.807) is 4.90 Å². The summed E-state index contributed by atoms with van der Waals surface area (Å²) >= 11 is 1.51. The Morgan fingerprint density at radius 2 is 1.88 bits per heavy atom. The van der Waals surface area contributed by atoms with Crippen molar-refractivity contribution in [3.05, 3.63) is 62.8 Å². The highest BCUT2D eigenvalue weighted by molar-refractivity contribution is 7.18. The summed E-state index contributed by atoms with van der Waals surface area (Å²) in [7, 11) is 0. The van der Waals surface area contributed by atoms with E-state index in [9.17, 15) is 18.8 Å². The van der Waals surface area contributed by atoms with Crippen LogP contribution in [-0.2, 0) is 11.3 Å². The number of amides is 2. The van der Waals surface area contributed by atoms with Crippen molar-refractivity contribution in [3.8, 4) is 0 Å². The Morgan fingerprint density at radius 1 is 1.19 bits per heavy atom. The fourth-order valence-corrected chi connectivity index (χ4v) is 4.93. The molecule has 3 aromatic rings. The van der Waals surface area contributed by atoms with Gasteiger partial charge in [-0.2, -0.15) is 0 Å². The Hall–Kier alpha value is -3.07. The molecular formula is C23H25FN4O3S. The molecule has 1 fully saturated rings. The monoisotopic (exact) mass is 456 g/mol. The van der Waals surface area contributed by atoms with Gasteiger partial charge in [0.25, 0.3) is 11.5 Å². The standard InChI is InChI=1S/C23H25FN4O3S/c1-14-15(2)32-22-20(14)23(31)28(13-25-22)12-9-19(29)27-10-7-18(8-11-27)26-21(30)16-3-5-17(24)6-4-16/h3-6,13,18H,7-12H2,1-2H3,(H,26,30). The lowest BCUT2D eigenvalue weighted by molar-refractivity contribution is -0.132. The average Bonchev–Trinajstić information content (AvgIpc) is 3.08. The van der Waals surface area contributed by atoms with Crippen molar-refractivity contribution >= 4 is 33.4 Å². The van der Waals surface area contributed by atoms with Crippen LogP contribution < -0.4 is 10.9 Å². The molecule has 0 spiro atoms. The van der Waals surface area contributed by atoms with E-state index in [-0.39, 0.29) is 42.2 Å². The molecule has 1 saturated heterocycles. The van der Waals surface area contributed by atoms with Crippen LogP contribution in [0.4, 0.5) is 4.39 Å². The normalized spacial score (nSPS) is 14.7. The Morgan fingerprint density at radius 3 is 2.56 bits per heavy atom. The third-order valence-electron chi connectivity index (χ3n) is 6.01. The second-order valence-corrected chi connectivity index (χ2v) is 9.30. The number of rotatable bonds is 5. The van der Waals surface area contributed by atoms with Gasteiger partial charge in [0.05, 0.1) is 11.7 Å². The molecule has 1 aliphatic heterocycles. The van der Waals surface area contributed by atoms with Gasteiger partial charge in [0, 0.05) is 42.5 Å². The number of fused-ring (bicyclic) bond motifs is 1. The SMILES string of the molecule is Cc1sc2ncn(CCC(=O)N3CCC(NC(=O)c4ccc(F)cc4)CC3)c(=O)c2c1C. The quantitative estimate of drug-likeness (QED) is 0.640. The lowest BCUT2D eigenvalue weighted by Gasteiger charge is -2.32. The maximum absolute atomic E-state index is 13.0. The van der Waals surface area contributed by atoms with E-state index >= 15 is 0 Å². The molecule has 168 valence electrons. The molecule has 1 N–H and O–H groups in total. The first kappa shape index (κ1) is 22.1. The smallest absolute Gasteiger partial charge is 0.262 e. The van der Waals surface area contributed by atoms with E-state index in [0.29, 0.717) is 36.9 Å². The minimum absolute atomic E-state index is 0.0153. The summed E-state index contributed by atoms with van der Waals surface area (Å²) in [5.41, 5.74) is 1.26. The van der Waals surface area contributed by atoms with Gasteiger partial charge in [-0.15, -0.1) is 11.3 Å². The van der Waals surface area contributed by atoms with Crippen molar-refractivity contribution in [1.29, 1.82) is 0 Å². The number of thiophene rings is 1. The zero-order valence-corrected chi connectivity index (χ0v) is 18.9. The van der Waals surface area contributed by atoms with Gasteiger partial charge in [-0.1, -0.05) is 0 Å². The van der Waals surface area contributed by atoms with Gasteiger partial charge in [0.15, 0.2) is 0 Å². The summed E-state index contributed by atoms with van der Waals surface area (Å²) < 4.78 is 14.5. The van der Waals surface area contributed by atoms with Crippen LogP contribution in [0.25, 0.3) is 10.2 Å². The van der Waals surface area contributed by atoms with Crippen molar-refractivity contribution in [2.75, 3.05) is 13.1 Å². The highest BCUT2D eigenvalue weighted by Crippen LogP contribution is 2.25. The lowest BCUT2D eigenvalue weighted by atomic mass is 10.0. The molecule has 7 nitrogen and oxygen atoms in total. The van der Waals surface area contributed by atoms with Crippen molar-refractivity contribution < 1.29 is 14.0 Å². The fourth-order valence-electron chi connectivity index (χ4n) is 3.95. The number of likely N-dealkylation sites (tertiary alicyclic amines) is 1. The second kappa shape index (κ2) is 9.20. The summed E-state index contributed by atoms with van der Waals surface area (Å²) in [6.45, 7) is 5.27. The molecule has 1 aromatic carbocycles. The minimum atomic E-state index is -0.382. The number of nitrogens with one attached hydrogen (secondary N) is 1. The van der Waals surface area contributed by atoms with Crippen LogP contribution in [0.15, 0.2) is 35.4 Å². The van der Waals surface area contributed by atoms with E-state index in [1.807, 2.05) is 13.8 Å². The van der Waals surface area contributed by atoms with Crippen LogP contribution in [0.3, 0.4) is 0 Å². The Kier molecular flexibility index (Phi) is 6.36. The molecular weight excluding hydrogens is 431 g/mol. The molecule has 3 heterocycles. The maximum Gasteiger partial charge on any atom is 0.262 e. The molecule has 0 unspecified atom stereocenters. The zero-order valence-electron chi connectivity index (χ0n) is 18.1. The first-order valence-electron chi connectivity index (χ1n) is 10.6. The van der Waals surface area contributed by atoms with Gasteiger partial charge in [-0.25, -0.2) is 9.37 Å². The number of carbonyl (C=O) groups excluding carboxylic acids is 2. The molecule has 1 aliphatic rings. The Labute approximate surface area is 188 Å². The van der Waals surface area contributed by atoms with E-state index < -0.39 is 0 Å². The largest absolute Gasteiger partial charge is 0.349 e. The van der Waals surface area contributed by atoms with E-state index in [4.69, 9.17) is 0 Å². The highest BCUT2D eigenvalue weighted by Gasteiger charge is 2.24. The number of aromatic nitrogens is 2. The van der Waals surface area contributed by atoms with Gasteiger partial charge in [0.1, 0.15) is 10.6 Å². The first-order chi connectivity index (χ1) is 15.3. The fraction of sp³-hybridized carbons (Fsp3) is 0.391. The Balaban J connectivity index is 1.29. The predicted molar refractivity (Wildman–Crippen MR) is 121 cm³/mol. The number of carbonyl (C=O) groups is 2. The molecule has 0 atom stereocenters. The van der Waals surface area contributed by atoms with Crippen LogP contribution in [0.5, 0.6) is 0 Å². The van der Waals surface area contributed by atoms with Crippen molar-refractivity contribution in [1.82, 2.24) is 19.8 Å². The number of benzene rings is 1. The summed E-state index contributed by atoms with van der Waals surface area (Å²) in [4.78, 5) is 45.7. The van der Waals surface area contributed by atoms with E-state index in [1.165, 1.54) is 46.5 Å². The number of nitrogens with zero attached hydrogens (tertiary/aromatic N) is 3. The number of hydrogen-bond donors (Lipinski definition) is 1. The number of piperidine rings is 1. The lowest BCUT2D eigenvalue weighted by Crippen LogP contribution is -2.46. The minimum Gasteiger partial charge on any atom is -0.349 e. The summed E-state index contributed by atoms with van der Waals surface area (Å²) in [5.74, 6) is -0.638. The van der Waals surface area contributed by atoms with Crippen molar-refractivity contribution in [2.24, 2.45) is 0 Å². The molecule has 32 heavy (non-hydrogen) atoms. The van der Waals surface area contributed by atoms with E-state index in [2.05, 4.69) is 10.3 Å². The van der Waals surface area contributed by atoms with Gasteiger partial charge in [-0.3, -0.25) is 19.0 Å². The second-order valence-electron chi connectivity index (χ2n) is 8.09. The average molecular weight is 457 g/mol. The topological polar surface area (TPSA) is 84.3 Å². The maximum atomic E-state index is 13.0. The van der Waals surface area contributed by atoms with Gasteiger partial charge in [-0.05, 0) is 56.5 Å². The van der Waals surface area contributed by atoms with Crippen LogP contribution in [-0.4, -0.2) is 45.4 Å². The van der Waals surface area contributed by atoms with Gasteiger partial charge < -0.3 is 10.2 Å². The van der Waals surface area contributed by atoms with Crippen molar-refractivity contribution in [3.63, 3.8) is 0 Å². The van der Waals surface area contributed by atoms with Crippen LogP contribution in [0.1, 0.15) is 40.1 Å². The van der Waals surface area contributed by atoms with Crippen LogP contribution in [0, 0.1) is 19.7 Å². The number of hydrogen-bond acceptors (Lipinski definition) is 5.